The maximum Gasteiger partial charge on any atom is 0.252 e. The number of thiophene rings is 2. The van der Waals surface area contributed by atoms with Crippen LogP contribution in [-0.4, -0.2) is 19.6 Å². The lowest BCUT2D eigenvalue weighted by Gasteiger charge is -2.14. The van der Waals surface area contributed by atoms with Crippen LogP contribution in [0.1, 0.15) is 21.3 Å². The molecule has 2 aromatic heterocycles. The summed E-state index contributed by atoms with van der Waals surface area (Å²) in [5, 5.41) is 6.55. The van der Waals surface area contributed by atoms with Crippen molar-refractivity contribution in [2.45, 2.75) is 6.10 Å². The summed E-state index contributed by atoms with van der Waals surface area (Å²) in [6, 6.07) is 5.54. The van der Waals surface area contributed by atoms with Gasteiger partial charge in [-0.1, -0.05) is 11.6 Å². The number of methoxy groups -OCH3 is 1. The van der Waals surface area contributed by atoms with E-state index in [4.69, 9.17) is 16.3 Å². The Bertz CT molecular complexity index is 510. The van der Waals surface area contributed by atoms with Gasteiger partial charge in [0, 0.05) is 29.5 Å². The number of hydrogen-bond acceptors (Lipinski definition) is 4. The summed E-state index contributed by atoms with van der Waals surface area (Å²) < 4.78 is 6.08. The first-order chi connectivity index (χ1) is 8.70. The molecule has 0 spiro atoms. The molecule has 1 N–H and O–H groups in total. The highest BCUT2D eigenvalue weighted by molar-refractivity contribution is 7.16. The van der Waals surface area contributed by atoms with Gasteiger partial charge in [0.25, 0.3) is 5.91 Å². The highest BCUT2D eigenvalue weighted by atomic mass is 35.5. The lowest BCUT2D eigenvalue weighted by atomic mass is 10.2. The number of amides is 1. The number of rotatable bonds is 5. The third kappa shape index (κ3) is 3.32. The van der Waals surface area contributed by atoms with Gasteiger partial charge in [0.15, 0.2) is 0 Å². The van der Waals surface area contributed by atoms with Crippen LogP contribution in [-0.2, 0) is 4.74 Å². The van der Waals surface area contributed by atoms with Crippen molar-refractivity contribution in [1.82, 2.24) is 5.32 Å². The summed E-state index contributed by atoms with van der Waals surface area (Å²) in [7, 11) is 1.62. The highest BCUT2D eigenvalue weighted by Crippen LogP contribution is 2.28. The van der Waals surface area contributed by atoms with Gasteiger partial charge in [-0.05, 0) is 23.6 Å². The zero-order valence-electron chi connectivity index (χ0n) is 9.68. The van der Waals surface area contributed by atoms with Gasteiger partial charge < -0.3 is 10.1 Å². The Morgan fingerprint density at radius 2 is 2.33 bits per heavy atom. The largest absolute Gasteiger partial charge is 0.374 e. The minimum Gasteiger partial charge on any atom is -0.374 e. The van der Waals surface area contributed by atoms with Crippen LogP contribution in [0, 0.1) is 0 Å². The summed E-state index contributed by atoms with van der Waals surface area (Å²) in [4.78, 5) is 12.8. The van der Waals surface area contributed by atoms with Crippen LogP contribution in [0.25, 0.3) is 0 Å². The molecule has 18 heavy (non-hydrogen) atoms. The molecular formula is C12H12ClNO2S2. The Kier molecular flexibility index (Phi) is 4.77. The number of carbonyl (C=O) groups is 1. The topological polar surface area (TPSA) is 38.3 Å². The third-order valence-electron chi connectivity index (χ3n) is 2.43. The molecule has 0 bridgehead atoms. The van der Waals surface area contributed by atoms with E-state index in [0.29, 0.717) is 12.1 Å². The number of nitrogens with one attached hydrogen (secondary N) is 1. The van der Waals surface area contributed by atoms with Crippen molar-refractivity contribution in [1.29, 1.82) is 0 Å². The van der Waals surface area contributed by atoms with Crippen LogP contribution in [0.5, 0.6) is 0 Å². The molecule has 1 atom stereocenters. The predicted octanol–water partition coefficient (Wildman–Crippen LogP) is 3.58. The molecule has 2 rings (SSSR count). The summed E-state index contributed by atoms with van der Waals surface area (Å²) in [5.74, 6) is -0.0825. The Hall–Kier alpha value is -0.880. The minimum absolute atomic E-state index is 0.0825. The predicted molar refractivity (Wildman–Crippen MR) is 75.7 cm³/mol. The second kappa shape index (κ2) is 6.33. The van der Waals surface area contributed by atoms with Crippen molar-refractivity contribution in [3.8, 4) is 0 Å². The molecule has 0 saturated carbocycles. The maximum absolute atomic E-state index is 11.8. The van der Waals surface area contributed by atoms with Gasteiger partial charge in [0.2, 0.25) is 0 Å². The van der Waals surface area contributed by atoms with Gasteiger partial charge in [-0.3, -0.25) is 4.79 Å². The van der Waals surface area contributed by atoms with E-state index >= 15 is 0 Å². The molecule has 0 fully saturated rings. The van der Waals surface area contributed by atoms with Gasteiger partial charge in [-0.25, -0.2) is 0 Å². The Labute approximate surface area is 118 Å². The Morgan fingerprint density at radius 3 is 2.89 bits per heavy atom. The lowest BCUT2D eigenvalue weighted by molar-refractivity contribution is 0.0838. The molecule has 2 aromatic rings. The zero-order chi connectivity index (χ0) is 13.0. The van der Waals surface area contributed by atoms with E-state index in [9.17, 15) is 4.79 Å². The Balaban J connectivity index is 1.94. The standard InChI is InChI=1S/C12H12ClNO2S2/c1-16-9(10-2-3-11(13)18-10)6-14-12(15)8-4-5-17-7-8/h2-5,7,9H,6H2,1H3,(H,14,15). The highest BCUT2D eigenvalue weighted by Gasteiger charge is 2.15. The third-order valence-corrected chi connectivity index (χ3v) is 4.43. The lowest BCUT2D eigenvalue weighted by Crippen LogP contribution is -2.28. The monoisotopic (exact) mass is 301 g/mol. The first-order valence-corrected chi connectivity index (χ1v) is 7.43. The molecule has 0 radical (unpaired) electrons. The van der Waals surface area contributed by atoms with Crippen molar-refractivity contribution in [3.63, 3.8) is 0 Å². The molecular weight excluding hydrogens is 290 g/mol. The molecule has 0 aliphatic rings. The van der Waals surface area contributed by atoms with E-state index in [-0.39, 0.29) is 12.0 Å². The molecule has 1 amide bonds. The maximum atomic E-state index is 11.8. The van der Waals surface area contributed by atoms with Crippen LogP contribution in [0.15, 0.2) is 29.0 Å². The smallest absolute Gasteiger partial charge is 0.252 e. The number of carbonyl (C=O) groups excluding carboxylic acids is 1. The minimum atomic E-state index is -0.162. The van der Waals surface area contributed by atoms with Crippen LogP contribution in [0.4, 0.5) is 0 Å². The molecule has 3 nitrogen and oxygen atoms in total. The molecule has 0 saturated heterocycles. The van der Waals surface area contributed by atoms with Crippen LogP contribution in [0.3, 0.4) is 0 Å². The van der Waals surface area contributed by atoms with Crippen molar-refractivity contribution in [3.05, 3.63) is 43.7 Å². The van der Waals surface area contributed by atoms with Crippen LogP contribution >= 0.6 is 34.3 Å². The van der Waals surface area contributed by atoms with Crippen molar-refractivity contribution < 1.29 is 9.53 Å². The summed E-state index contributed by atoms with van der Waals surface area (Å²) >= 11 is 8.84. The normalized spacial score (nSPS) is 12.3. The second-order valence-corrected chi connectivity index (χ2v) is 6.11. The van der Waals surface area contributed by atoms with Crippen molar-refractivity contribution >= 4 is 40.2 Å². The summed E-state index contributed by atoms with van der Waals surface area (Å²) in [5.41, 5.74) is 0.680. The molecule has 0 aliphatic carbocycles. The van der Waals surface area contributed by atoms with Gasteiger partial charge in [-0.15, -0.1) is 11.3 Å². The fourth-order valence-electron chi connectivity index (χ4n) is 1.48. The van der Waals surface area contributed by atoms with Gasteiger partial charge >= 0.3 is 0 Å². The quantitative estimate of drug-likeness (QED) is 0.916. The fourth-order valence-corrected chi connectivity index (χ4v) is 3.26. The molecule has 0 aliphatic heterocycles. The van der Waals surface area contributed by atoms with E-state index in [1.807, 2.05) is 22.9 Å². The number of ether oxygens (including phenoxy) is 1. The fraction of sp³-hybridized carbons (Fsp3) is 0.250. The van der Waals surface area contributed by atoms with E-state index in [2.05, 4.69) is 5.32 Å². The number of halogens is 1. The molecule has 0 aromatic carbocycles. The molecule has 1 unspecified atom stereocenters. The van der Waals surface area contributed by atoms with E-state index in [1.165, 1.54) is 22.7 Å². The summed E-state index contributed by atoms with van der Waals surface area (Å²) in [6.45, 7) is 0.433. The Morgan fingerprint density at radius 1 is 1.50 bits per heavy atom. The van der Waals surface area contributed by atoms with Gasteiger partial charge in [0.05, 0.1) is 4.34 Å². The van der Waals surface area contributed by atoms with Crippen LogP contribution < -0.4 is 5.32 Å². The molecule has 96 valence electrons. The SMILES string of the molecule is COC(CNC(=O)c1ccsc1)c1ccc(Cl)s1. The first-order valence-electron chi connectivity index (χ1n) is 5.29. The zero-order valence-corrected chi connectivity index (χ0v) is 12.1. The second-order valence-electron chi connectivity index (χ2n) is 3.59. The van der Waals surface area contributed by atoms with E-state index in [0.717, 1.165) is 9.21 Å². The van der Waals surface area contributed by atoms with E-state index in [1.54, 1.807) is 13.2 Å². The number of hydrogen-bond donors (Lipinski definition) is 1. The van der Waals surface area contributed by atoms with Crippen molar-refractivity contribution in [2.24, 2.45) is 0 Å². The van der Waals surface area contributed by atoms with Crippen molar-refractivity contribution in [2.75, 3.05) is 13.7 Å². The average molecular weight is 302 g/mol. The van der Waals surface area contributed by atoms with Crippen LogP contribution in [0.2, 0.25) is 4.34 Å². The van der Waals surface area contributed by atoms with E-state index < -0.39 is 0 Å². The first kappa shape index (κ1) is 13.5. The molecule has 2 heterocycles. The van der Waals surface area contributed by atoms with Gasteiger partial charge in [-0.2, -0.15) is 11.3 Å². The van der Waals surface area contributed by atoms with Gasteiger partial charge in [0.1, 0.15) is 6.10 Å². The molecule has 6 heteroatoms. The summed E-state index contributed by atoms with van der Waals surface area (Å²) in [6.07, 6.45) is -0.162. The average Bonchev–Trinajstić information content (AvgIpc) is 3.01.